The maximum atomic E-state index is 12.0. The topological polar surface area (TPSA) is 79.2 Å². The van der Waals surface area contributed by atoms with Crippen molar-refractivity contribution in [1.29, 1.82) is 0 Å². The standard InChI is InChI=1S/C14H17NO5/c16-10-6-15(7-11(10)17)14(18)4-2-9-1-3-12-13(5-9)20-8-19-12/h1,3,5,10-11,16-17H,2,4,6-8H2/t10-,11+. The molecule has 108 valence electrons. The number of fused-ring (bicyclic) bond motifs is 1. The van der Waals surface area contributed by atoms with Crippen LogP contribution in [-0.2, 0) is 11.2 Å². The van der Waals surface area contributed by atoms with Crippen LogP contribution in [0.3, 0.4) is 0 Å². The van der Waals surface area contributed by atoms with Crippen molar-refractivity contribution in [1.82, 2.24) is 4.90 Å². The van der Waals surface area contributed by atoms with Crippen LogP contribution in [0.1, 0.15) is 12.0 Å². The molecular weight excluding hydrogens is 262 g/mol. The molecule has 0 saturated carbocycles. The maximum Gasteiger partial charge on any atom is 0.231 e. The highest BCUT2D eigenvalue weighted by molar-refractivity contribution is 5.77. The average Bonchev–Trinajstić information content (AvgIpc) is 3.03. The molecule has 2 aliphatic heterocycles. The number of β-amino-alcohol motifs (C(OH)–C–C–N with tert-alkyl or cyclic N) is 2. The van der Waals surface area contributed by atoms with Crippen LogP contribution in [0.15, 0.2) is 18.2 Å². The van der Waals surface area contributed by atoms with Crippen molar-refractivity contribution in [3.8, 4) is 11.5 Å². The molecule has 1 fully saturated rings. The fourth-order valence-electron chi connectivity index (χ4n) is 2.48. The van der Waals surface area contributed by atoms with Crippen LogP contribution in [0, 0.1) is 0 Å². The minimum Gasteiger partial charge on any atom is -0.454 e. The maximum absolute atomic E-state index is 12.0. The van der Waals surface area contributed by atoms with E-state index in [0.29, 0.717) is 18.6 Å². The van der Waals surface area contributed by atoms with Gasteiger partial charge in [0.1, 0.15) is 0 Å². The minimum atomic E-state index is -0.829. The minimum absolute atomic E-state index is 0.0572. The van der Waals surface area contributed by atoms with Gasteiger partial charge >= 0.3 is 0 Å². The summed E-state index contributed by atoms with van der Waals surface area (Å²) in [5.41, 5.74) is 1.00. The SMILES string of the molecule is O=C(CCc1ccc2c(c1)OCO2)N1C[C@@H](O)[C@@H](O)C1. The van der Waals surface area contributed by atoms with Crippen LogP contribution in [0.25, 0.3) is 0 Å². The van der Waals surface area contributed by atoms with Gasteiger partial charge in [-0.15, -0.1) is 0 Å². The highest BCUT2D eigenvalue weighted by Gasteiger charge is 2.32. The third-order valence-electron chi connectivity index (χ3n) is 3.68. The molecule has 3 rings (SSSR count). The third-order valence-corrected chi connectivity index (χ3v) is 3.68. The van der Waals surface area contributed by atoms with E-state index in [9.17, 15) is 15.0 Å². The van der Waals surface area contributed by atoms with Crippen LogP contribution >= 0.6 is 0 Å². The summed E-state index contributed by atoms with van der Waals surface area (Å²) in [6.45, 7) is 0.656. The Morgan fingerprint density at radius 3 is 2.65 bits per heavy atom. The Balaban J connectivity index is 1.56. The molecule has 0 bridgehead atoms. The van der Waals surface area contributed by atoms with Gasteiger partial charge in [-0.3, -0.25) is 4.79 Å². The summed E-state index contributed by atoms with van der Waals surface area (Å²) >= 11 is 0. The zero-order valence-electron chi connectivity index (χ0n) is 11.0. The van der Waals surface area contributed by atoms with Gasteiger partial charge < -0.3 is 24.6 Å². The molecule has 2 aliphatic rings. The lowest BCUT2D eigenvalue weighted by Crippen LogP contribution is -2.29. The van der Waals surface area contributed by atoms with Gasteiger partial charge in [0, 0.05) is 19.5 Å². The molecule has 20 heavy (non-hydrogen) atoms. The van der Waals surface area contributed by atoms with E-state index < -0.39 is 12.2 Å². The molecule has 2 atom stereocenters. The van der Waals surface area contributed by atoms with E-state index in [1.165, 1.54) is 4.90 Å². The van der Waals surface area contributed by atoms with Crippen LogP contribution < -0.4 is 9.47 Å². The Hall–Kier alpha value is -1.79. The van der Waals surface area contributed by atoms with Gasteiger partial charge in [0.15, 0.2) is 11.5 Å². The van der Waals surface area contributed by atoms with E-state index in [1.54, 1.807) is 0 Å². The van der Waals surface area contributed by atoms with E-state index in [-0.39, 0.29) is 25.8 Å². The summed E-state index contributed by atoms with van der Waals surface area (Å²) in [5.74, 6) is 1.38. The van der Waals surface area contributed by atoms with Gasteiger partial charge in [0.25, 0.3) is 0 Å². The fraction of sp³-hybridized carbons (Fsp3) is 0.500. The first kappa shape index (κ1) is 13.2. The second-order valence-corrected chi connectivity index (χ2v) is 5.12. The van der Waals surface area contributed by atoms with Crippen molar-refractivity contribution >= 4 is 5.91 Å². The monoisotopic (exact) mass is 279 g/mol. The summed E-state index contributed by atoms with van der Waals surface area (Å²) in [6, 6.07) is 5.63. The molecule has 1 amide bonds. The van der Waals surface area contributed by atoms with Gasteiger partial charge in [-0.1, -0.05) is 6.07 Å². The number of amides is 1. The van der Waals surface area contributed by atoms with Crippen LogP contribution in [0.4, 0.5) is 0 Å². The number of ether oxygens (including phenoxy) is 2. The fourth-order valence-corrected chi connectivity index (χ4v) is 2.48. The molecule has 0 unspecified atom stereocenters. The summed E-state index contributed by atoms with van der Waals surface area (Å²) < 4.78 is 10.5. The lowest BCUT2D eigenvalue weighted by molar-refractivity contribution is -0.130. The quantitative estimate of drug-likeness (QED) is 0.808. The number of nitrogens with zero attached hydrogens (tertiary/aromatic N) is 1. The molecule has 2 N–H and O–H groups in total. The summed E-state index contributed by atoms with van der Waals surface area (Å²) in [5, 5.41) is 18.9. The van der Waals surface area contributed by atoms with Crippen molar-refractivity contribution < 1.29 is 24.5 Å². The zero-order valence-corrected chi connectivity index (χ0v) is 11.0. The number of rotatable bonds is 3. The van der Waals surface area contributed by atoms with Crippen molar-refractivity contribution in [2.45, 2.75) is 25.0 Å². The predicted octanol–water partition coefficient (Wildman–Crippen LogP) is -0.0881. The van der Waals surface area contributed by atoms with Crippen LogP contribution in [-0.4, -0.2) is 53.1 Å². The Kier molecular flexibility index (Phi) is 3.50. The molecule has 6 nitrogen and oxygen atoms in total. The van der Waals surface area contributed by atoms with Gasteiger partial charge in [-0.05, 0) is 24.1 Å². The third kappa shape index (κ3) is 2.57. The highest BCUT2D eigenvalue weighted by Crippen LogP contribution is 2.32. The van der Waals surface area contributed by atoms with Crippen LogP contribution in [0.5, 0.6) is 11.5 Å². The van der Waals surface area contributed by atoms with Gasteiger partial charge in [-0.2, -0.15) is 0 Å². The number of hydrogen-bond acceptors (Lipinski definition) is 5. The number of aliphatic hydroxyl groups is 2. The van der Waals surface area contributed by atoms with E-state index in [0.717, 1.165) is 11.3 Å². The number of aliphatic hydroxyl groups excluding tert-OH is 2. The van der Waals surface area contributed by atoms with Crippen LogP contribution in [0.2, 0.25) is 0 Å². The molecule has 1 saturated heterocycles. The number of carbonyl (C=O) groups is 1. The zero-order chi connectivity index (χ0) is 14.1. The van der Waals surface area contributed by atoms with Gasteiger partial charge in [0.05, 0.1) is 12.2 Å². The largest absolute Gasteiger partial charge is 0.454 e. The number of benzene rings is 1. The molecule has 2 heterocycles. The Morgan fingerprint density at radius 2 is 1.90 bits per heavy atom. The van der Waals surface area contributed by atoms with Gasteiger partial charge in [-0.25, -0.2) is 0 Å². The number of carbonyl (C=O) groups excluding carboxylic acids is 1. The molecule has 0 spiro atoms. The first-order valence-corrected chi connectivity index (χ1v) is 6.66. The second-order valence-electron chi connectivity index (χ2n) is 5.12. The summed E-state index contributed by atoms with van der Waals surface area (Å²) in [7, 11) is 0. The van der Waals surface area contributed by atoms with E-state index in [2.05, 4.69) is 0 Å². The van der Waals surface area contributed by atoms with E-state index in [1.807, 2.05) is 18.2 Å². The molecule has 6 heteroatoms. The van der Waals surface area contributed by atoms with E-state index in [4.69, 9.17) is 9.47 Å². The second kappa shape index (κ2) is 5.30. The molecule has 1 aromatic rings. The predicted molar refractivity (Wildman–Crippen MR) is 69.5 cm³/mol. The molecule has 0 radical (unpaired) electrons. The van der Waals surface area contributed by atoms with Crippen molar-refractivity contribution in [2.24, 2.45) is 0 Å². The lowest BCUT2D eigenvalue weighted by atomic mass is 10.1. The van der Waals surface area contributed by atoms with E-state index >= 15 is 0 Å². The van der Waals surface area contributed by atoms with Crippen molar-refractivity contribution in [3.05, 3.63) is 23.8 Å². The number of likely N-dealkylation sites (tertiary alicyclic amines) is 1. The van der Waals surface area contributed by atoms with Gasteiger partial charge in [0.2, 0.25) is 12.7 Å². The average molecular weight is 279 g/mol. The Bertz CT molecular complexity index is 508. The van der Waals surface area contributed by atoms with Crippen molar-refractivity contribution in [3.63, 3.8) is 0 Å². The lowest BCUT2D eigenvalue weighted by Gasteiger charge is -2.15. The normalized spacial score (nSPS) is 24.2. The first-order valence-electron chi connectivity index (χ1n) is 6.66. The smallest absolute Gasteiger partial charge is 0.231 e. The first-order chi connectivity index (χ1) is 9.63. The highest BCUT2D eigenvalue weighted by atomic mass is 16.7. The van der Waals surface area contributed by atoms with Crippen molar-refractivity contribution in [2.75, 3.05) is 19.9 Å². The number of hydrogen-bond donors (Lipinski definition) is 2. The molecule has 0 aromatic heterocycles. The summed E-state index contributed by atoms with van der Waals surface area (Å²) in [6.07, 6.45) is -0.717. The Labute approximate surface area is 116 Å². The molecule has 0 aliphatic carbocycles. The molecular formula is C14H17NO5. The number of aryl methyl sites for hydroxylation is 1. The molecule has 1 aromatic carbocycles. The Morgan fingerprint density at radius 1 is 1.20 bits per heavy atom. The summed E-state index contributed by atoms with van der Waals surface area (Å²) in [4.78, 5) is 13.5.